The third-order valence-electron chi connectivity index (χ3n) is 4.09. The Kier molecular flexibility index (Phi) is 5.84. The molecule has 138 valence electrons. The summed E-state index contributed by atoms with van der Waals surface area (Å²) in [5.74, 6) is 3.20. The minimum Gasteiger partial charge on any atom is -0.496 e. The van der Waals surface area contributed by atoms with Gasteiger partial charge in [0.25, 0.3) is 0 Å². The van der Waals surface area contributed by atoms with E-state index < -0.39 is 0 Å². The number of aryl methyl sites for hydroxylation is 1. The number of hydrogen-bond acceptors (Lipinski definition) is 4. The molecular weight excluding hydrogens is 330 g/mol. The molecule has 1 heterocycles. The van der Waals surface area contributed by atoms with Gasteiger partial charge in [-0.1, -0.05) is 18.2 Å². The van der Waals surface area contributed by atoms with Crippen LogP contribution in [0.15, 0.2) is 41.4 Å². The van der Waals surface area contributed by atoms with E-state index in [4.69, 9.17) is 14.2 Å². The van der Waals surface area contributed by atoms with Crippen LogP contribution in [0, 0.1) is 6.92 Å². The predicted octanol–water partition coefficient (Wildman–Crippen LogP) is 2.99. The van der Waals surface area contributed by atoms with Gasteiger partial charge in [0.15, 0.2) is 17.5 Å². The van der Waals surface area contributed by atoms with Crippen LogP contribution in [-0.4, -0.2) is 26.4 Å². The zero-order chi connectivity index (χ0) is 18.4. The maximum absolute atomic E-state index is 5.46. The van der Waals surface area contributed by atoms with Crippen molar-refractivity contribution in [2.75, 3.05) is 20.4 Å². The number of guanidine groups is 1. The van der Waals surface area contributed by atoms with Gasteiger partial charge in [-0.25, -0.2) is 4.99 Å². The van der Waals surface area contributed by atoms with Gasteiger partial charge < -0.3 is 24.8 Å². The molecule has 1 aliphatic rings. The Morgan fingerprint density at radius 2 is 1.96 bits per heavy atom. The van der Waals surface area contributed by atoms with E-state index in [2.05, 4.69) is 34.7 Å². The van der Waals surface area contributed by atoms with Crippen LogP contribution in [0.2, 0.25) is 0 Å². The first kappa shape index (κ1) is 17.9. The number of aliphatic imine (C=N–C) groups is 1. The van der Waals surface area contributed by atoms with Crippen LogP contribution in [0.5, 0.6) is 17.2 Å². The number of nitrogens with zero attached hydrogens (tertiary/aromatic N) is 1. The van der Waals surface area contributed by atoms with Crippen molar-refractivity contribution in [2.24, 2.45) is 4.99 Å². The number of fused-ring (bicyclic) bond motifs is 1. The lowest BCUT2D eigenvalue weighted by molar-refractivity contribution is 0.174. The first-order valence-corrected chi connectivity index (χ1v) is 8.74. The molecule has 0 saturated heterocycles. The lowest BCUT2D eigenvalue weighted by atomic mass is 10.1. The highest BCUT2D eigenvalue weighted by Crippen LogP contribution is 2.32. The van der Waals surface area contributed by atoms with E-state index in [1.54, 1.807) is 7.11 Å². The SMILES string of the molecule is CCNC(=NCc1ccc2c(c1)OCO2)NCc1ccc(C)cc1OC. The summed E-state index contributed by atoms with van der Waals surface area (Å²) in [6.07, 6.45) is 0. The van der Waals surface area contributed by atoms with Crippen LogP contribution in [0.1, 0.15) is 23.6 Å². The molecule has 2 aromatic rings. The molecule has 6 heteroatoms. The molecule has 26 heavy (non-hydrogen) atoms. The second-order valence-electron chi connectivity index (χ2n) is 6.05. The average Bonchev–Trinajstić information content (AvgIpc) is 3.12. The monoisotopic (exact) mass is 355 g/mol. The number of rotatable bonds is 6. The Labute approximate surface area is 154 Å². The van der Waals surface area contributed by atoms with Gasteiger partial charge in [-0.15, -0.1) is 0 Å². The van der Waals surface area contributed by atoms with E-state index in [0.717, 1.165) is 40.9 Å². The average molecular weight is 355 g/mol. The minimum atomic E-state index is 0.282. The Hall–Kier alpha value is -2.89. The van der Waals surface area contributed by atoms with Crippen LogP contribution < -0.4 is 24.8 Å². The molecular formula is C20H25N3O3. The van der Waals surface area contributed by atoms with Crippen LogP contribution in [0.4, 0.5) is 0 Å². The van der Waals surface area contributed by atoms with Gasteiger partial charge in [0.05, 0.1) is 13.7 Å². The summed E-state index contributed by atoms with van der Waals surface area (Å²) in [6.45, 7) is 6.36. The van der Waals surface area contributed by atoms with E-state index in [-0.39, 0.29) is 6.79 Å². The molecule has 0 radical (unpaired) electrons. The Morgan fingerprint density at radius 3 is 2.77 bits per heavy atom. The van der Waals surface area contributed by atoms with Crippen LogP contribution >= 0.6 is 0 Å². The van der Waals surface area contributed by atoms with Crippen LogP contribution in [-0.2, 0) is 13.1 Å². The second-order valence-corrected chi connectivity index (χ2v) is 6.05. The maximum Gasteiger partial charge on any atom is 0.231 e. The molecule has 0 unspecified atom stereocenters. The van der Waals surface area contributed by atoms with E-state index >= 15 is 0 Å². The third-order valence-corrected chi connectivity index (χ3v) is 4.09. The molecule has 3 rings (SSSR count). The van der Waals surface area contributed by atoms with E-state index in [9.17, 15) is 0 Å². The molecule has 0 fully saturated rings. The van der Waals surface area contributed by atoms with E-state index in [1.165, 1.54) is 5.56 Å². The Bertz CT molecular complexity index is 790. The normalized spacial score (nSPS) is 12.8. The summed E-state index contributed by atoms with van der Waals surface area (Å²) in [4.78, 5) is 4.65. The van der Waals surface area contributed by atoms with Crippen molar-refractivity contribution in [3.8, 4) is 17.2 Å². The maximum atomic E-state index is 5.46. The van der Waals surface area contributed by atoms with Crippen LogP contribution in [0.3, 0.4) is 0 Å². The largest absolute Gasteiger partial charge is 0.496 e. The second kappa shape index (κ2) is 8.47. The Balaban J connectivity index is 1.66. The van der Waals surface area contributed by atoms with Crippen molar-refractivity contribution in [3.05, 3.63) is 53.1 Å². The molecule has 0 aromatic heterocycles. The highest BCUT2D eigenvalue weighted by atomic mass is 16.7. The molecule has 0 aliphatic carbocycles. The highest BCUT2D eigenvalue weighted by Gasteiger charge is 2.13. The molecule has 6 nitrogen and oxygen atoms in total. The lowest BCUT2D eigenvalue weighted by Crippen LogP contribution is -2.36. The van der Waals surface area contributed by atoms with Crippen LogP contribution in [0.25, 0.3) is 0 Å². The lowest BCUT2D eigenvalue weighted by Gasteiger charge is -2.14. The number of hydrogen-bond donors (Lipinski definition) is 2. The van der Waals surface area contributed by atoms with Gasteiger partial charge in [0.2, 0.25) is 6.79 Å². The molecule has 0 spiro atoms. The summed E-state index contributed by atoms with van der Waals surface area (Å²) in [7, 11) is 1.69. The summed E-state index contributed by atoms with van der Waals surface area (Å²) in [5.41, 5.74) is 3.33. The summed E-state index contributed by atoms with van der Waals surface area (Å²) in [6, 6.07) is 12.1. The molecule has 1 aliphatic heterocycles. The Morgan fingerprint density at radius 1 is 1.12 bits per heavy atom. The smallest absolute Gasteiger partial charge is 0.231 e. The zero-order valence-electron chi connectivity index (χ0n) is 15.5. The van der Waals surface area contributed by atoms with Gasteiger partial charge in [0.1, 0.15) is 5.75 Å². The molecule has 0 amide bonds. The fourth-order valence-corrected chi connectivity index (χ4v) is 2.73. The van der Waals surface area contributed by atoms with Gasteiger partial charge in [-0.2, -0.15) is 0 Å². The quantitative estimate of drug-likeness (QED) is 0.616. The third kappa shape index (κ3) is 4.39. The van der Waals surface area contributed by atoms with E-state index in [0.29, 0.717) is 13.1 Å². The predicted molar refractivity (Wildman–Crippen MR) is 102 cm³/mol. The molecule has 0 saturated carbocycles. The standard InChI is InChI=1S/C20H25N3O3/c1-4-21-20(23-12-16-7-5-14(2)9-18(16)24-3)22-11-15-6-8-17-19(10-15)26-13-25-17/h5-10H,4,11-13H2,1-3H3,(H2,21,22,23). The summed E-state index contributed by atoms with van der Waals surface area (Å²) in [5, 5.41) is 6.62. The zero-order valence-corrected chi connectivity index (χ0v) is 15.5. The highest BCUT2D eigenvalue weighted by molar-refractivity contribution is 5.79. The van der Waals surface area contributed by atoms with Crippen molar-refractivity contribution in [1.82, 2.24) is 10.6 Å². The minimum absolute atomic E-state index is 0.282. The fourth-order valence-electron chi connectivity index (χ4n) is 2.73. The molecule has 2 N–H and O–H groups in total. The first-order valence-electron chi connectivity index (χ1n) is 8.74. The van der Waals surface area contributed by atoms with Crippen molar-refractivity contribution >= 4 is 5.96 Å². The molecule has 0 atom stereocenters. The van der Waals surface area contributed by atoms with Gasteiger partial charge in [-0.3, -0.25) is 0 Å². The number of methoxy groups -OCH3 is 1. The topological polar surface area (TPSA) is 64.1 Å². The van der Waals surface area contributed by atoms with Crippen molar-refractivity contribution in [3.63, 3.8) is 0 Å². The number of ether oxygens (including phenoxy) is 3. The number of benzene rings is 2. The molecule has 2 aromatic carbocycles. The van der Waals surface area contributed by atoms with Crippen molar-refractivity contribution in [1.29, 1.82) is 0 Å². The fraction of sp³-hybridized carbons (Fsp3) is 0.350. The van der Waals surface area contributed by atoms with Crippen molar-refractivity contribution < 1.29 is 14.2 Å². The van der Waals surface area contributed by atoms with Crippen molar-refractivity contribution in [2.45, 2.75) is 26.9 Å². The summed E-state index contributed by atoms with van der Waals surface area (Å²) < 4.78 is 16.2. The number of nitrogens with one attached hydrogen (secondary N) is 2. The first-order chi connectivity index (χ1) is 12.7. The van der Waals surface area contributed by atoms with Gasteiger partial charge in [0, 0.05) is 18.7 Å². The van der Waals surface area contributed by atoms with Gasteiger partial charge >= 0.3 is 0 Å². The summed E-state index contributed by atoms with van der Waals surface area (Å²) >= 11 is 0. The van der Waals surface area contributed by atoms with Gasteiger partial charge in [-0.05, 0) is 43.2 Å². The van der Waals surface area contributed by atoms with E-state index in [1.807, 2.05) is 31.2 Å². The molecule has 0 bridgehead atoms.